The van der Waals surface area contributed by atoms with Gasteiger partial charge in [-0.1, -0.05) is 36.4 Å². The third-order valence-electron chi connectivity index (χ3n) is 3.63. The molecule has 0 aliphatic carbocycles. The Morgan fingerprint density at radius 3 is 2.85 bits per heavy atom. The van der Waals surface area contributed by atoms with E-state index in [1.165, 1.54) is 11.1 Å². The van der Waals surface area contributed by atoms with Crippen molar-refractivity contribution in [3.8, 4) is 0 Å². The van der Waals surface area contributed by atoms with E-state index in [1.54, 1.807) is 0 Å². The van der Waals surface area contributed by atoms with Gasteiger partial charge in [0.05, 0.1) is 13.6 Å². The fourth-order valence-corrected chi connectivity index (χ4v) is 3.65. The van der Waals surface area contributed by atoms with E-state index < -0.39 is 8.15 Å². The SMILES string of the molecule is OP(CCc1ccccc1)c1ccc2c(n1)CCNC2. The number of hydrogen-bond donors (Lipinski definition) is 2. The summed E-state index contributed by atoms with van der Waals surface area (Å²) in [6.07, 6.45) is 2.65. The Labute approximate surface area is 120 Å². The van der Waals surface area contributed by atoms with Crippen molar-refractivity contribution < 1.29 is 4.89 Å². The Morgan fingerprint density at radius 2 is 2.00 bits per heavy atom. The summed E-state index contributed by atoms with van der Waals surface area (Å²) in [5, 5.41) is 3.34. The van der Waals surface area contributed by atoms with Crippen molar-refractivity contribution in [1.29, 1.82) is 0 Å². The smallest absolute Gasteiger partial charge is 0.0906 e. The van der Waals surface area contributed by atoms with Crippen LogP contribution in [0, 0.1) is 0 Å². The van der Waals surface area contributed by atoms with Crippen LogP contribution in [0.15, 0.2) is 42.5 Å². The van der Waals surface area contributed by atoms with Crippen LogP contribution in [0.3, 0.4) is 0 Å². The molecule has 2 aromatic rings. The second-order valence-corrected chi connectivity index (χ2v) is 6.77. The summed E-state index contributed by atoms with van der Waals surface area (Å²) in [5.41, 5.74) is 4.57. The van der Waals surface area contributed by atoms with E-state index in [-0.39, 0.29) is 0 Å². The number of fused-ring (bicyclic) bond motifs is 1. The first-order chi connectivity index (χ1) is 9.83. The van der Waals surface area contributed by atoms with Crippen LogP contribution < -0.4 is 10.8 Å². The standard InChI is InChI=1S/C16H19N2OP/c19-20(11-9-13-4-2-1-3-5-13)16-7-6-14-12-17-10-8-15(14)18-16/h1-7,17,19H,8-12H2. The maximum atomic E-state index is 10.4. The van der Waals surface area contributed by atoms with E-state index in [9.17, 15) is 4.89 Å². The third kappa shape index (κ3) is 3.24. The molecule has 104 valence electrons. The van der Waals surface area contributed by atoms with Crippen LogP contribution in [-0.4, -0.2) is 22.6 Å². The average Bonchev–Trinajstić information content (AvgIpc) is 2.53. The van der Waals surface area contributed by atoms with E-state index in [0.29, 0.717) is 0 Å². The summed E-state index contributed by atoms with van der Waals surface area (Å²) in [7, 11) is -1.15. The molecule has 3 rings (SSSR count). The Morgan fingerprint density at radius 1 is 1.15 bits per heavy atom. The number of hydrogen-bond acceptors (Lipinski definition) is 3. The van der Waals surface area contributed by atoms with Crippen LogP contribution in [0.4, 0.5) is 0 Å². The van der Waals surface area contributed by atoms with Crippen molar-refractivity contribution in [2.75, 3.05) is 12.7 Å². The zero-order chi connectivity index (χ0) is 13.8. The molecule has 1 aliphatic heterocycles. The summed E-state index contributed by atoms with van der Waals surface area (Å²) in [5.74, 6) is 0. The van der Waals surface area contributed by atoms with Crippen molar-refractivity contribution in [3.05, 3.63) is 59.3 Å². The van der Waals surface area contributed by atoms with Gasteiger partial charge in [-0.25, -0.2) is 0 Å². The van der Waals surface area contributed by atoms with Gasteiger partial charge < -0.3 is 10.2 Å². The van der Waals surface area contributed by atoms with E-state index in [4.69, 9.17) is 0 Å². The highest BCUT2D eigenvalue weighted by atomic mass is 31.1. The summed E-state index contributed by atoms with van der Waals surface area (Å²) < 4.78 is 0. The van der Waals surface area contributed by atoms with Gasteiger partial charge in [0, 0.05) is 31.4 Å². The highest BCUT2D eigenvalue weighted by Gasteiger charge is 2.14. The normalized spacial score (nSPS) is 15.7. The van der Waals surface area contributed by atoms with Crippen LogP contribution in [0.2, 0.25) is 0 Å². The highest BCUT2D eigenvalue weighted by Crippen LogP contribution is 2.29. The van der Waals surface area contributed by atoms with Crippen LogP contribution in [0.25, 0.3) is 0 Å². The number of rotatable bonds is 4. The molecule has 20 heavy (non-hydrogen) atoms. The molecule has 0 amide bonds. The van der Waals surface area contributed by atoms with Gasteiger partial charge in [0.1, 0.15) is 0 Å². The lowest BCUT2D eigenvalue weighted by Gasteiger charge is -2.18. The molecule has 0 bridgehead atoms. The van der Waals surface area contributed by atoms with Crippen LogP contribution in [0.5, 0.6) is 0 Å². The minimum absolute atomic E-state index is 0.781. The van der Waals surface area contributed by atoms with E-state index in [2.05, 4.69) is 28.5 Å². The van der Waals surface area contributed by atoms with E-state index >= 15 is 0 Å². The quantitative estimate of drug-likeness (QED) is 0.845. The Hall–Kier alpha value is -1.28. The molecule has 1 aromatic heterocycles. The Balaban J connectivity index is 1.66. The first-order valence-corrected chi connectivity index (χ1v) is 8.51. The Kier molecular flexibility index (Phi) is 4.41. The first-order valence-electron chi connectivity index (χ1n) is 7.03. The predicted molar refractivity (Wildman–Crippen MR) is 83.4 cm³/mol. The summed E-state index contributed by atoms with van der Waals surface area (Å²) in [6.45, 7) is 1.88. The lowest BCUT2D eigenvalue weighted by Crippen LogP contribution is -2.26. The molecule has 1 atom stereocenters. The van der Waals surface area contributed by atoms with Gasteiger partial charge in [-0.05, 0) is 23.6 Å². The monoisotopic (exact) mass is 286 g/mol. The zero-order valence-electron chi connectivity index (χ0n) is 11.4. The van der Waals surface area contributed by atoms with Gasteiger partial charge in [0.2, 0.25) is 0 Å². The molecule has 1 unspecified atom stereocenters. The molecular weight excluding hydrogens is 267 g/mol. The summed E-state index contributed by atoms with van der Waals surface area (Å²) >= 11 is 0. The molecule has 0 fully saturated rings. The molecule has 1 aromatic carbocycles. The largest absolute Gasteiger partial charge is 0.367 e. The molecule has 0 saturated heterocycles. The van der Waals surface area contributed by atoms with Gasteiger partial charge in [-0.2, -0.15) is 0 Å². The van der Waals surface area contributed by atoms with Crippen molar-refractivity contribution >= 4 is 13.6 Å². The number of nitrogens with zero attached hydrogens (tertiary/aromatic N) is 1. The van der Waals surface area contributed by atoms with Gasteiger partial charge in [-0.3, -0.25) is 4.98 Å². The molecule has 0 spiro atoms. The average molecular weight is 286 g/mol. The van der Waals surface area contributed by atoms with Crippen molar-refractivity contribution in [3.63, 3.8) is 0 Å². The zero-order valence-corrected chi connectivity index (χ0v) is 12.3. The number of aryl methyl sites for hydroxylation is 1. The third-order valence-corrected chi connectivity index (χ3v) is 5.05. The van der Waals surface area contributed by atoms with E-state index in [1.807, 2.05) is 24.3 Å². The van der Waals surface area contributed by atoms with Crippen LogP contribution in [-0.2, 0) is 19.4 Å². The highest BCUT2D eigenvalue weighted by molar-refractivity contribution is 7.59. The molecule has 4 heteroatoms. The first kappa shape index (κ1) is 13.7. The topological polar surface area (TPSA) is 45.2 Å². The lowest BCUT2D eigenvalue weighted by atomic mass is 10.1. The fourth-order valence-electron chi connectivity index (χ4n) is 2.46. The van der Waals surface area contributed by atoms with Crippen molar-refractivity contribution in [2.45, 2.75) is 19.4 Å². The molecule has 2 heterocycles. The molecule has 3 nitrogen and oxygen atoms in total. The number of pyridine rings is 1. The predicted octanol–water partition coefficient (Wildman–Crippen LogP) is 1.98. The maximum Gasteiger partial charge on any atom is 0.0906 e. The van der Waals surface area contributed by atoms with E-state index in [0.717, 1.165) is 43.2 Å². The van der Waals surface area contributed by atoms with Gasteiger partial charge in [0.15, 0.2) is 0 Å². The van der Waals surface area contributed by atoms with Crippen molar-refractivity contribution in [2.24, 2.45) is 0 Å². The molecule has 1 aliphatic rings. The molecule has 0 radical (unpaired) electrons. The molecule has 2 N–H and O–H groups in total. The van der Waals surface area contributed by atoms with Gasteiger partial charge >= 0.3 is 0 Å². The number of nitrogens with one attached hydrogen (secondary N) is 1. The minimum atomic E-state index is -1.15. The molecular formula is C16H19N2OP. The lowest BCUT2D eigenvalue weighted by molar-refractivity contribution is 0.623. The van der Waals surface area contributed by atoms with Gasteiger partial charge in [0.25, 0.3) is 0 Å². The van der Waals surface area contributed by atoms with Gasteiger partial charge in [-0.15, -0.1) is 0 Å². The summed E-state index contributed by atoms with van der Waals surface area (Å²) in [4.78, 5) is 15.0. The maximum absolute atomic E-state index is 10.4. The molecule has 0 saturated carbocycles. The fraction of sp³-hybridized carbons (Fsp3) is 0.312. The number of aromatic nitrogens is 1. The second-order valence-electron chi connectivity index (χ2n) is 5.06. The minimum Gasteiger partial charge on any atom is -0.367 e. The Bertz CT molecular complexity index is 574. The van der Waals surface area contributed by atoms with Crippen molar-refractivity contribution in [1.82, 2.24) is 10.3 Å². The van der Waals surface area contributed by atoms with Crippen LogP contribution in [0.1, 0.15) is 16.8 Å². The summed E-state index contributed by atoms with van der Waals surface area (Å²) in [6, 6.07) is 14.4. The second kappa shape index (κ2) is 6.45. The van der Waals surface area contributed by atoms with Crippen LogP contribution >= 0.6 is 8.15 Å². The number of benzene rings is 1.